The van der Waals surface area contributed by atoms with Crippen LogP contribution in [-0.2, 0) is 6.18 Å². The minimum Gasteiger partial charge on any atom is -0.295 e. The van der Waals surface area contributed by atoms with Gasteiger partial charge in [0, 0.05) is 11.8 Å². The van der Waals surface area contributed by atoms with Crippen LogP contribution in [0.25, 0.3) is 0 Å². The number of ketones is 1. The van der Waals surface area contributed by atoms with E-state index in [1.165, 1.54) is 13.0 Å². The Labute approximate surface area is 72.4 Å². The number of pyridine rings is 1. The van der Waals surface area contributed by atoms with E-state index in [-0.39, 0.29) is 5.56 Å². The van der Waals surface area contributed by atoms with Crippen molar-refractivity contribution in [2.75, 3.05) is 0 Å². The number of carbonyl (C=O) groups excluding carboxylic acids is 1. The minimum atomic E-state index is -4.49. The molecule has 0 aliphatic carbocycles. The summed E-state index contributed by atoms with van der Waals surface area (Å²) in [7, 11) is 0. The van der Waals surface area contributed by atoms with E-state index in [4.69, 9.17) is 0 Å². The standard InChI is InChI=1S/C8H6F3NO/c1-5(13)6-2-3-12-7(4-6)8(9,10)11/h2-4H,1H3. The number of alkyl halides is 3. The molecule has 0 aliphatic rings. The van der Waals surface area contributed by atoms with Gasteiger partial charge in [-0.05, 0) is 19.1 Å². The third kappa shape index (κ3) is 2.27. The molecular formula is C8H6F3NO. The lowest BCUT2D eigenvalue weighted by Gasteiger charge is -2.05. The number of hydrogen-bond acceptors (Lipinski definition) is 2. The van der Waals surface area contributed by atoms with Gasteiger partial charge in [-0.1, -0.05) is 0 Å². The van der Waals surface area contributed by atoms with Gasteiger partial charge >= 0.3 is 6.18 Å². The van der Waals surface area contributed by atoms with Gasteiger partial charge in [0.2, 0.25) is 0 Å². The van der Waals surface area contributed by atoms with Crippen LogP contribution in [0.1, 0.15) is 23.0 Å². The molecular weight excluding hydrogens is 183 g/mol. The lowest BCUT2D eigenvalue weighted by Crippen LogP contribution is -2.09. The number of aromatic nitrogens is 1. The average Bonchev–Trinajstić information content (AvgIpc) is 2.03. The molecule has 1 rings (SSSR count). The summed E-state index contributed by atoms with van der Waals surface area (Å²) in [6.07, 6.45) is -3.52. The topological polar surface area (TPSA) is 30.0 Å². The largest absolute Gasteiger partial charge is 0.433 e. The maximum absolute atomic E-state index is 12.1. The second-order valence-electron chi connectivity index (χ2n) is 2.48. The number of carbonyl (C=O) groups is 1. The van der Waals surface area contributed by atoms with E-state index in [0.29, 0.717) is 0 Å². The van der Waals surface area contributed by atoms with E-state index in [0.717, 1.165) is 12.3 Å². The van der Waals surface area contributed by atoms with Crippen molar-refractivity contribution in [1.29, 1.82) is 0 Å². The normalized spacial score (nSPS) is 11.4. The zero-order valence-corrected chi connectivity index (χ0v) is 6.72. The van der Waals surface area contributed by atoms with E-state index < -0.39 is 17.7 Å². The van der Waals surface area contributed by atoms with Crippen molar-refractivity contribution in [3.05, 3.63) is 29.6 Å². The zero-order chi connectivity index (χ0) is 10.1. The second kappa shape index (κ2) is 3.16. The molecule has 0 aromatic carbocycles. The molecule has 0 fully saturated rings. The Morgan fingerprint density at radius 2 is 2.08 bits per heavy atom. The summed E-state index contributed by atoms with van der Waals surface area (Å²) in [5.74, 6) is -0.409. The van der Waals surface area contributed by atoms with Crippen molar-refractivity contribution in [2.24, 2.45) is 0 Å². The predicted molar refractivity (Wildman–Crippen MR) is 39.2 cm³/mol. The van der Waals surface area contributed by atoms with Gasteiger partial charge in [-0.3, -0.25) is 9.78 Å². The summed E-state index contributed by atoms with van der Waals surface area (Å²) >= 11 is 0. The fourth-order valence-electron chi connectivity index (χ4n) is 0.805. The van der Waals surface area contributed by atoms with Crippen LogP contribution < -0.4 is 0 Å². The zero-order valence-electron chi connectivity index (χ0n) is 6.72. The maximum atomic E-state index is 12.1. The monoisotopic (exact) mass is 189 g/mol. The predicted octanol–water partition coefficient (Wildman–Crippen LogP) is 2.30. The van der Waals surface area contributed by atoms with Crippen LogP contribution in [0.15, 0.2) is 18.3 Å². The second-order valence-corrected chi connectivity index (χ2v) is 2.48. The summed E-state index contributed by atoms with van der Waals surface area (Å²) < 4.78 is 36.2. The Kier molecular flexibility index (Phi) is 2.36. The van der Waals surface area contributed by atoms with Crippen LogP contribution in [0.4, 0.5) is 13.2 Å². The summed E-state index contributed by atoms with van der Waals surface area (Å²) in [5.41, 5.74) is -1.03. The fourth-order valence-corrected chi connectivity index (χ4v) is 0.805. The van der Waals surface area contributed by atoms with Crippen LogP contribution in [-0.4, -0.2) is 10.8 Å². The molecule has 70 valence electrons. The maximum Gasteiger partial charge on any atom is 0.433 e. The molecule has 0 radical (unpaired) electrons. The van der Waals surface area contributed by atoms with Crippen molar-refractivity contribution in [1.82, 2.24) is 4.98 Å². The van der Waals surface area contributed by atoms with Crippen LogP contribution >= 0.6 is 0 Å². The van der Waals surface area contributed by atoms with Gasteiger partial charge in [0.25, 0.3) is 0 Å². The highest BCUT2D eigenvalue weighted by molar-refractivity contribution is 5.94. The van der Waals surface area contributed by atoms with Crippen LogP contribution in [0.5, 0.6) is 0 Å². The van der Waals surface area contributed by atoms with E-state index in [1.807, 2.05) is 0 Å². The Morgan fingerprint density at radius 1 is 1.46 bits per heavy atom. The molecule has 1 aromatic rings. The third-order valence-electron chi connectivity index (χ3n) is 1.46. The molecule has 0 spiro atoms. The lowest BCUT2D eigenvalue weighted by molar-refractivity contribution is -0.141. The van der Waals surface area contributed by atoms with Crippen LogP contribution in [0.2, 0.25) is 0 Å². The Bertz CT molecular complexity index is 332. The summed E-state index contributed by atoms with van der Waals surface area (Å²) in [6, 6.07) is 1.99. The van der Waals surface area contributed by atoms with Gasteiger partial charge in [0.1, 0.15) is 5.69 Å². The molecule has 0 aliphatic heterocycles. The molecule has 5 heteroatoms. The molecule has 2 nitrogen and oxygen atoms in total. The molecule has 0 amide bonds. The van der Waals surface area contributed by atoms with Crippen molar-refractivity contribution >= 4 is 5.78 Å². The molecule has 0 saturated carbocycles. The third-order valence-corrected chi connectivity index (χ3v) is 1.46. The van der Waals surface area contributed by atoms with Crippen molar-refractivity contribution in [2.45, 2.75) is 13.1 Å². The van der Waals surface area contributed by atoms with Crippen molar-refractivity contribution in [3.8, 4) is 0 Å². The van der Waals surface area contributed by atoms with Crippen molar-refractivity contribution in [3.63, 3.8) is 0 Å². The summed E-state index contributed by atoms with van der Waals surface area (Å²) in [4.78, 5) is 13.8. The molecule has 0 bridgehead atoms. The average molecular weight is 189 g/mol. The van der Waals surface area contributed by atoms with E-state index in [1.54, 1.807) is 0 Å². The number of hydrogen-bond donors (Lipinski definition) is 0. The van der Waals surface area contributed by atoms with Crippen LogP contribution in [0, 0.1) is 0 Å². The van der Waals surface area contributed by atoms with Gasteiger partial charge in [-0.2, -0.15) is 13.2 Å². The van der Waals surface area contributed by atoms with Gasteiger partial charge in [-0.25, -0.2) is 0 Å². The Hall–Kier alpha value is -1.39. The van der Waals surface area contributed by atoms with E-state index in [9.17, 15) is 18.0 Å². The molecule has 0 unspecified atom stereocenters. The number of Topliss-reactive ketones (excluding diaryl/α,β-unsaturated/α-hetero) is 1. The van der Waals surface area contributed by atoms with E-state index in [2.05, 4.69) is 4.98 Å². The first-order valence-electron chi connectivity index (χ1n) is 3.45. The lowest BCUT2D eigenvalue weighted by atomic mass is 10.1. The van der Waals surface area contributed by atoms with Crippen molar-refractivity contribution < 1.29 is 18.0 Å². The smallest absolute Gasteiger partial charge is 0.295 e. The SMILES string of the molecule is CC(=O)c1ccnc(C(F)(F)F)c1. The highest BCUT2D eigenvalue weighted by Crippen LogP contribution is 2.27. The fraction of sp³-hybridized carbons (Fsp3) is 0.250. The Morgan fingerprint density at radius 3 is 2.54 bits per heavy atom. The summed E-state index contributed by atoms with van der Waals surface area (Å²) in [5, 5.41) is 0. The van der Waals surface area contributed by atoms with Gasteiger partial charge in [-0.15, -0.1) is 0 Å². The molecule has 1 aromatic heterocycles. The highest BCUT2D eigenvalue weighted by Gasteiger charge is 2.32. The highest BCUT2D eigenvalue weighted by atomic mass is 19.4. The Balaban J connectivity index is 3.13. The first-order chi connectivity index (χ1) is 5.91. The molecule has 0 N–H and O–H groups in total. The molecule has 0 atom stereocenters. The first-order valence-corrected chi connectivity index (χ1v) is 3.45. The van der Waals surface area contributed by atoms with Gasteiger partial charge in [0.15, 0.2) is 5.78 Å². The van der Waals surface area contributed by atoms with Gasteiger partial charge < -0.3 is 0 Å². The van der Waals surface area contributed by atoms with E-state index >= 15 is 0 Å². The van der Waals surface area contributed by atoms with Crippen LogP contribution in [0.3, 0.4) is 0 Å². The first kappa shape index (κ1) is 9.70. The van der Waals surface area contributed by atoms with Gasteiger partial charge in [0.05, 0.1) is 0 Å². The molecule has 1 heterocycles. The molecule has 13 heavy (non-hydrogen) atoms. The number of nitrogens with zero attached hydrogens (tertiary/aromatic N) is 1. The minimum absolute atomic E-state index is 0.0160. The quantitative estimate of drug-likeness (QED) is 0.634. The number of halogens is 3. The number of rotatable bonds is 1. The molecule has 0 saturated heterocycles. The summed E-state index contributed by atoms with van der Waals surface area (Å²) in [6.45, 7) is 1.20.